The Morgan fingerprint density at radius 1 is 1.02 bits per heavy atom. The van der Waals surface area contributed by atoms with Crippen molar-refractivity contribution in [3.63, 3.8) is 0 Å². The Kier molecular flexibility index (Phi) is 11.0. The van der Waals surface area contributed by atoms with E-state index in [4.69, 9.17) is 14.5 Å². The summed E-state index contributed by atoms with van der Waals surface area (Å²) in [6.07, 6.45) is -1.78. The summed E-state index contributed by atoms with van der Waals surface area (Å²) < 4.78 is 79.5. The summed E-state index contributed by atoms with van der Waals surface area (Å²) in [6, 6.07) is 17.1. The van der Waals surface area contributed by atoms with E-state index in [-0.39, 0.29) is 51.5 Å². The fraction of sp³-hybridized carbons (Fsp3) is 0.421. The van der Waals surface area contributed by atoms with Crippen molar-refractivity contribution < 1.29 is 35.9 Å². The summed E-state index contributed by atoms with van der Waals surface area (Å²) in [5.74, 6) is -0.439. The van der Waals surface area contributed by atoms with E-state index in [0.29, 0.717) is 37.9 Å². The standard InChI is InChI=1S/C38H43F3N4O5S/c1-4-50-33-23-32-30(22-34(33)51(3,47)48)35(37(46)42-25(2)26-9-6-5-7-10-26)31(36(43-32)27-11-8-12-28(21-27)38(39,40)41)24-44-15-13-29(14-16-44)45-17-19-49-20-18-45/h5-12,21-23,25,29H,4,13-20,24H2,1-3H3,(H,42,46). The van der Waals surface area contributed by atoms with Crippen LogP contribution in [-0.2, 0) is 27.3 Å². The molecule has 2 aliphatic rings. The Morgan fingerprint density at radius 2 is 1.73 bits per heavy atom. The average molecular weight is 725 g/mol. The number of nitrogens with zero attached hydrogens (tertiary/aromatic N) is 3. The zero-order valence-electron chi connectivity index (χ0n) is 29.0. The van der Waals surface area contributed by atoms with Gasteiger partial charge in [0.05, 0.1) is 48.2 Å². The van der Waals surface area contributed by atoms with Gasteiger partial charge in [0.25, 0.3) is 5.91 Å². The SMILES string of the molecule is CCOc1cc2nc(-c3cccc(C(F)(F)F)c3)c(CN3CCC(N4CCOCC4)CC3)c(C(=O)NC(C)c3ccccc3)c2cc1S(C)(=O)=O. The third-order valence-corrected chi connectivity index (χ3v) is 10.8. The largest absolute Gasteiger partial charge is 0.492 e. The Morgan fingerprint density at radius 3 is 2.37 bits per heavy atom. The van der Waals surface area contributed by atoms with Crippen LogP contribution >= 0.6 is 0 Å². The third kappa shape index (κ3) is 8.38. The number of pyridine rings is 1. The van der Waals surface area contributed by atoms with Gasteiger partial charge in [-0.05, 0) is 63.5 Å². The summed E-state index contributed by atoms with van der Waals surface area (Å²) >= 11 is 0. The van der Waals surface area contributed by atoms with Crippen LogP contribution < -0.4 is 10.1 Å². The van der Waals surface area contributed by atoms with Crippen LogP contribution in [0.25, 0.3) is 22.2 Å². The van der Waals surface area contributed by atoms with E-state index in [2.05, 4.69) is 15.1 Å². The molecule has 1 atom stereocenters. The Balaban J connectivity index is 1.53. The first kappa shape index (κ1) is 36.7. The molecule has 6 rings (SSSR count). The van der Waals surface area contributed by atoms with E-state index in [1.54, 1.807) is 13.0 Å². The number of likely N-dealkylation sites (tertiary alicyclic amines) is 1. The number of alkyl halides is 3. The topological polar surface area (TPSA) is 101 Å². The molecule has 3 heterocycles. The van der Waals surface area contributed by atoms with Crippen molar-refractivity contribution in [1.29, 1.82) is 0 Å². The van der Waals surface area contributed by atoms with Crippen LogP contribution in [0.1, 0.15) is 59.8 Å². The number of carbonyl (C=O) groups is 1. The highest BCUT2D eigenvalue weighted by atomic mass is 32.2. The van der Waals surface area contributed by atoms with Crippen molar-refractivity contribution in [3.8, 4) is 17.0 Å². The van der Waals surface area contributed by atoms with Crippen molar-refractivity contribution in [2.75, 3.05) is 52.3 Å². The molecule has 0 bridgehead atoms. The van der Waals surface area contributed by atoms with Crippen LogP contribution in [0.2, 0.25) is 0 Å². The number of hydrogen-bond donors (Lipinski definition) is 1. The van der Waals surface area contributed by atoms with Gasteiger partial charge in [-0.2, -0.15) is 13.2 Å². The second-order valence-electron chi connectivity index (χ2n) is 13.2. The third-order valence-electron chi connectivity index (χ3n) is 9.69. The van der Waals surface area contributed by atoms with Crippen molar-refractivity contribution in [2.45, 2.75) is 56.4 Å². The highest BCUT2D eigenvalue weighted by Gasteiger charge is 2.33. The summed E-state index contributed by atoms with van der Waals surface area (Å²) in [6.45, 7) is 8.46. The molecule has 51 heavy (non-hydrogen) atoms. The fourth-order valence-corrected chi connectivity index (χ4v) is 7.88. The number of piperidine rings is 1. The molecular weight excluding hydrogens is 682 g/mol. The van der Waals surface area contributed by atoms with Gasteiger partial charge < -0.3 is 14.8 Å². The predicted octanol–water partition coefficient (Wildman–Crippen LogP) is 6.51. The van der Waals surface area contributed by atoms with Crippen molar-refractivity contribution in [3.05, 3.63) is 89.0 Å². The van der Waals surface area contributed by atoms with E-state index in [1.807, 2.05) is 37.3 Å². The molecule has 1 aromatic heterocycles. The van der Waals surface area contributed by atoms with E-state index >= 15 is 0 Å². The van der Waals surface area contributed by atoms with Gasteiger partial charge in [-0.15, -0.1) is 0 Å². The summed E-state index contributed by atoms with van der Waals surface area (Å²) in [5, 5.41) is 3.35. The van der Waals surface area contributed by atoms with Crippen molar-refractivity contribution in [1.82, 2.24) is 20.1 Å². The van der Waals surface area contributed by atoms with Gasteiger partial charge in [-0.3, -0.25) is 14.6 Å². The van der Waals surface area contributed by atoms with Gasteiger partial charge in [-0.1, -0.05) is 42.5 Å². The van der Waals surface area contributed by atoms with Crippen LogP contribution in [-0.4, -0.2) is 87.4 Å². The number of amides is 1. The number of ether oxygens (including phenoxy) is 2. The minimum absolute atomic E-state index is 0.0527. The van der Waals surface area contributed by atoms with Gasteiger partial charge in [0.15, 0.2) is 9.84 Å². The molecule has 3 aromatic carbocycles. The molecule has 1 N–H and O–H groups in total. The molecule has 1 unspecified atom stereocenters. The number of rotatable bonds is 10. The minimum atomic E-state index is -4.60. The van der Waals surface area contributed by atoms with Gasteiger partial charge in [-0.25, -0.2) is 13.4 Å². The molecular formula is C38H43F3N4O5S. The second-order valence-corrected chi connectivity index (χ2v) is 15.2. The number of hydrogen-bond acceptors (Lipinski definition) is 8. The summed E-state index contributed by atoms with van der Waals surface area (Å²) in [7, 11) is -3.83. The lowest BCUT2D eigenvalue weighted by atomic mass is 9.93. The molecule has 0 saturated carbocycles. The Hall–Kier alpha value is -4.04. The maximum atomic E-state index is 14.6. The van der Waals surface area contributed by atoms with E-state index < -0.39 is 33.5 Å². The molecule has 2 saturated heterocycles. The molecule has 1 amide bonds. The normalized spacial score (nSPS) is 17.4. The second kappa shape index (κ2) is 15.3. The van der Waals surface area contributed by atoms with Gasteiger partial charge >= 0.3 is 6.18 Å². The quantitative estimate of drug-likeness (QED) is 0.198. The molecule has 2 aliphatic heterocycles. The van der Waals surface area contributed by atoms with Crippen LogP contribution in [0, 0.1) is 0 Å². The lowest BCUT2D eigenvalue weighted by molar-refractivity contribution is -0.137. The molecule has 0 radical (unpaired) electrons. The maximum Gasteiger partial charge on any atom is 0.416 e. The molecule has 2 fully saturated rings. The highest BCUT2D eigenvalue weighted by Crippen LogP contribution is 2.39. The summed E-state index contributed by atoms with van der Waals surface area (Å²) in [5.41, 5.74) is 1.24. The molecule has 0 spiro atoms. The number of aromatic nitrogens is 1. The van der Waals surface area contributed by atoms with Crippen LogP contribution in [0.3, 0.4) is 0 Å². The Labute approximate surface area is 296 Å². The van der Waals surface area contributed by atoms with Crippen LogP contribution in [0.15, 0.2) is 71.6 Å². The van der Waals surface area contributed by atoms with Gasteiger partial charge in [0.1, 0.15) is 10.6 Å². The first-order valence-electron chi connectivity index (χ1n) is 17.2. The number of sulfone groups is 1. The van der Waals surface area contributed by atoms with Gasteiger partial charge in [0, 0.05) is 54.5 Å². The minimum Gasteiger partial charge on any atom is -0.492 e. The molecule has 4 aromatic rings. The zero-order valence-corrected chi connectivity index (χ0v) is 29.8. The number of carbonyl (C=O) groups excluding carboxylic acids is 1. The fourth-order valence-electron chi connectivity index (χ4n) is 7.07. The van der Waals surface area contributed by atoms with E-state index in [0.717, 1.165) is 49.9 Å². The summed E-state index contributed by atoms with van der Waals surface area (Å²) in [4.78, 5) is 24.0. The van der Waals surface area contributed by atoms with Gasteiger partial charge in [0.2, 0.25) is 0 Å². The molecule has 13 heteroatoms. The van der Waals surface area contributed by atoms with Crippen LogP contribution in [0.4, 0.5) is 13.2 Å². The first-order valence-corrected chi connectivity index (χ1v) is 19.1. The molecule has 272 valence electrons. The maximum absolute atomic E-state index is 14.6. The van der Waals surface area contributed by atoms with Crippen molar-refractivity contribution >= 4 is 26.6 Å². The molecule has 9 nitrogen and oxygen atoms in total. The van der Waals surface area contributed by atoms with Crippen molar-refractivity contribution in [2.24, 2.45) is 0 Å². The molecule has 0 aliphatic carbocycles. The number of benzene rings is 3. The van der Waals surface area contributed by atoms with E-state index in [1.165, 1.54) is 18.2 Å². The van der Waals surface area contributed by atoms with E-state index in [9.17, 15) is 26.4 Å². The predicted molar refractivity (Wildman–Crippen MR) is 189 cm³/mol. The monoisotopic (exact) mass is 724 g/mol. The number of morpholine rings is 1. The zero-order chi connectivity index (χ0) is 36.3. The first-order chi connectivity index (χ1) is 24.3. The highest BCUT2D eigenvalue weighted by molar-refractivity contribution is 7.90. The van der Waals surface area contributed by atoms with Crippen LogP contribution in [0.5, 0.6) is 5.75 Å². The average Bonchev–Trinajstić information content (AvgIpc) is 3.11. The number of nitrogens with one attached hydrogen (secondary N) is 1. The Bertz CT molecular complexity index is 1980. The smallest absolute Gasteiger partial charge is 0.416 e. The number of fused-ring (bicyclic) bond motifs is 1. The lowest BCUT2D eigenvalue weighted by Crippen LogP contribution is -2.48. The lowest BCUT2D eigenvalue weighted by Gasteiger charge is -2.40. The number of halogens is 3.